The minimum absolute atomic E-state index is 0.509. The lowest BCUT2D eigenvalue weighted by molar-refractivity contribution is 0.355. The first-order chi connectivity index (χ1) is 16.0. The number of benzene rings is 3. The Morgan fingerprint density at radius 1 is 0.667 bits per heavy atom. The lowest BCUT2D eigenvalue weighted by Crippen LogP contribution is -2.00. The molecule has 4 rings (SSSR count). The van der Waals surface area contributed by atoms with E-state index < -0.39 is 0 Å². The summed E-state index contributed by atoms with van der Waals surface area (Å²) in [5.41, 5.74) is 5.07. The Kier molecular flexibility index (Phi) is 6.47. The molecular formula is C26H25ClN2O4. The van der Waals surface area contributed by atoms with Gasteiger partial charge in [-0.2, -0.15) is 5.10 Å². The molecule has 0 fully saturated rings. The molecule has 3 aromatic carbocycles. The second-order valence-corrected chi connectivity index (χ2v) is 7.78. The van der Waals surface area contributed by atoms with Gasteiger partial charge in [0.15, 0.2) is 23.0 Å². The summed E-state index contributed by atoms with van der Waals surface area (Å²) in [6, 6.07) is 19.4. The number of hydrogen-bond donors (Lipinski definition) is 0. The summed E-state index contributed by atoms with van der Waals surface area (Å²) in [5.74, 6) is 2.48. The van der Waals surface area contributed by atoms with E-state index in [4.69, 9.17) is 35.6 Å². The highest BCUT2D eigenvalue weighted by molar-refractivity contribution is 6.35. The van der Waals surface area contributed by atoms with Crippen LogP contribution in [-0.2, 0) is 0 Å². The molecule has 33 heavy (non-hydrogen) atoms. The Bertz CT molecular complexity index is 1280. The lowest BCUT2D eigenvalue weighted by Gasteiger charge is -2.12. The Labute approximate surface area is 198 Å². The van der Waals surface area contributed by atoms with Crippen molar-refractivity contribution in [2.24, 2.45) is 0 Å². The monoisotopic (exact) mass is 464 g/mol. The van der Waals surface area contributed by atoms with Crippen LogP contribution in [0.1, 0.15) is 5.56 Å². The molecule has 0 aliphatic heterocycles. The molecule has 0 radical (unpaired) electrons. The smallest absolute Gasteiger partial charge is 0.161 e. The van der Waals surface area contributed by atoms with Crippen molar-refractivity contribution in [3.63, 3.8) is 0 Å². The molecule has 1 heterocycles. The molecule has 0 aliphatic carbocycles. The minimum Gasteiger partial charge on any atom is -0.493 e. The second-order valence-electron chi connectivity index (χ2n) is 7.40. The lowest BCUT2D eigenvalue weighted by atomic mass is 10.1. The van der Waals surface area contributed by atoms with Crippen LogP contribution in [0, 0.1) is 6.92 Å². The summed E-state index contributed by atoms with van der Waals surface area (Å²) in [7, 11) is 6.42. The number of halogens is 1. The van der Waals surface area contributed by atoms with E-state index in [9.17, 15) is 0 Å². The van der Waals surface area contributed by atoms with Crippen LogP contribution in [0.5, 0.6) is 23.0 Å². The van der Waals surface area contributed by atoms with Gasteiger partial charge >= 0.3 is 0 Å². The molecule has 0 aliphatic rings. The molecule has 0 bridgehead atoms. The summed E-state index contributed by atoms with van der Waals surface area (Å²) >= 11 is 6.99. The fourth-order valence-corrected chi connectivity index (χ4v) is 4.01. The molecule has 0 atom stereocenters. The van der Waals surface area contributed by atoms with Gasteiger partial charge < -0.3 is 18.9 Å². The second kappa shape index (κ2) is 9.46. The maximum absolute atomic E-state index is 6.99. The normalized spacial score (nSPS) is 10.7. The van der Waals surface area contributed by atoms with Gasteiger partial charge in [-0.25, -0.2) is 4.68 Å². The van der Waals surface area contributed by atoms with E-state index in [1.54, 1.807) is 28.4 Å². The third kappa shape index (κ3) is 4.22. The predicted molar refractivity (Wildman–Crippen MR) is 130 cm³/mol. The van der Waals surface area contributed by atoms with Crippen molar-refractivity contribution < 1.29 is 18.9 Å². The van der Waals surface area contributed by atoms with Gasteiger partial charge in [-0.1, -0.05) is 29.3 Å². The topological polar surface area (TPSA) is 54.7 Å². The predicted octanol–water partition coefficient (Wildman–Crippen LogP) is 6.20. The first-order valence-electron chi connectivity index (χ1n) is 10.3. The van der Waals surface area contributed by atoms with Crippen molar-refractivity contribution in [1.29, 1.82) is 0 Å². The number of methoxy groups -OCH3 is 4. The highest BCUT2D eigenvalue weighted by Gasteiger charge is 2.22. The van der Waals surface area contributed by atoms with Crippen LogP contribution >= 0.6 is 11.6 Å². The fraction of sp³-hybridized carbons (Fsp3) is 0.192. The maximum atomic E-state index is 6.99. The van der Waals surface area contributed by atoms with Gasteiger partial charge in [0.1, 0.15) is 5.69 Å². The largest absolute Gasteiger partial charge is 0.493 e. The molecule has 0 unspecified atom stereocenters. The van der Waals surface area contributed by atoms with E-state index in [0.717, 1.165) is 28.1 Å². The van der Waals surface area contributed by atoms with E-state index in [1.165, 1.54) is 0 Å². The SMILES string of the molecule is COc1ccc(-c2nn(-c3ccc(C)cc3)c(-c3ccc(OC)c(OC)c3)c2Cl)cc1OC. The first-order valence-corrected chi connectivity index (χ1v) is 10.7. The number of ether oxygens (including phenoxy) is 4. The van der Waals surface area contributed by atoms with Crippen molar-refractivity contribution in [3.8, 4) is 51.2 Å². The van der Waals surface area contributed by atoms with Crippen LogP contribution in [0.25, 0.3) is 28.2 Å². The summed E-state index contributed by atoms with van der Waals surface area (Å²) in [6.07, 6.45) is 0. The summed E-state index contributed by atoms with van der Waals surface area (Å²) in [5, 5.41) is 5.41. The van der Waals surface area contributed by atoms with Crippen molar-refractivity contribution in [2.45, 2.75) is 6.92 Å². The Hall–Kier alpha value is -3.64. The van der Waals surface area contributed by atoms with Gasteiger partial charge in [0.2, 0.25) is 0 Å². The van der Waals surface area contributed by atoms with Crippen LogP contribution in [0.15, 0.2) is 60.7 Å². The van der Waals surface area contributed by atoms with Crippen LogP contribution in [0.2, 0.25) is 5.02 Å². The van der Waals surface area contributed by atoms with Gasteiger partial charge in [-0.15, -0.1) is 0 Å². The van der Waals surface area contributed by atoms with Crippen LogP contribution in [0.4, 0.5) is 0 Å². The zero-order chi connectivity index (χ0) is 23.5. The average molecular weight is 465 g/mol. The Morgan fingerprint density at radius 3 is 1.73 bits per heavy atom. The number of aromatic nitrogens is 2. The molecule has 0 saturated heterocycles. The van der Waals surface area contributed by atoms with Gasteiger partial charge in [0.25, 0.3) is 0 Å². The van der Waals surface area contributed by atoms with Crippen molar-refractivity contribution in [1.82, 2.24) is 9.78 Å². The highest BCUT2D eigenvalue weighted by atomic mass is 35.5. The average Bonchev–Trinajstić information content (AvgIpc) is 3.20. The number of hydrogen-bond acceptors (Lipinski definition) is 5. The zero-order valence-corrected chi connectivity index (χ0v) is 19.9. The summed E-state index contributed by atoms with van der Waals surface area (Å²) < 4.78 is 23.6. The van der Waals surface area contributed by atoms with E-state index in [-0.39, 0.29) is 0 Å². The van der Waals surface area contributed by atoms with Crippen molar-refractivity contribution in [2.75, 3.05) is 28.4 Å². The first kappa shape index (κ1) is 22.6. The minimum atomic E-state index is 0.509. The van der Waals surface area contributed by atoms with Gasteiger partial charge in [-0.05, 0) is 55.5 Å². The molecule has 6 nitrogen and oxygen atoms in total. The summed E-state index contributed by atoms with van der Waals surface area (Å²) in [4.78, 5) is 0. The zero-order valence-electron chi connectivity index (χ0n) is 19.2. The quantitative estimate of drug-likeness (QED) is 0.326. The molecule has 0 spiro atoms. The fourth-order valence-electron chi connectivity index (χ4n) is 3.67. The highest BCUT2D eigenvalue weighted by Crippen LogP contribution is 2.42. The standard InChI is InChI=1S/C26H25ClN2O4/c1-16-6-10-19(11-7-16)29-26(18-9-13-21(31-3)23(15-18)33-5)24(27)25(28-29)17-8-12-20(30-2)22(14-17)32-4/h6-15H,1-5H3. The molecule has 170 valence electrons. The number of aryl methyl sites for hydroxylation is 1. The summed E-state index contributed by atoms with van der Waals surface area (Å²) in [6.45, 7) is 2.05. The van der Waals surface area contributed by atoms with E-state index in [2.05, 4.69) is 0 Å². The third-order valence-corrected chi connectivity index (χ3v) is 5.78. The number of rotatable bonds is 7. The maximum Gasteiger partial charge on any atom is 0.161 e. The molecule has 4 aromatic rings. The van der Waals surface area contributed by atoms with Gasteiger partial charge in [0, 0.05) is 11.1 Å². The molecule has 1 aromatic heterocycles. The number of nitrogens with zero attached hydrogens (tertiary/aromatic N) is 2. The molecule has 7 heteroatoms. The molecular weight excluding hydrogens is 440 g/mol. The third-order valence-electron chi connectivity index (χ3n) is 5.42. The Morgan fingerprint density at radius 2 is 1.18 bits per heavy atom. The van der Waals surface area contributed by atoms with Crippen molar-refractivity contribution >= 4 is 11.6 Å². The van der Waals surface area contributed by atoms with Crippen LogP contribution in [-0.4, -0.2) is 38.2 Å². The van der Waals surface area contributed by atoms with Gasteiger partial charge in [-0.3, -0.25) is 0 Å². The van der Waals surface area contributed by atoms with E-state index in [0.29, 0.717) is 33.7 Å². The van der Waals surface area contributed by atoms with Crippen molar-refractivity contribution in [3.05, 3.63) is 71.2 Å². The van der Waals surface area contributed by atoms with Crippen LogP contribution in [0.3, 0.4) is 0 Å². The molecule has 0 N–H and O–H groups in total. The van der Waals surface area contributed by atoms with E-state index >= 15 is 0 Å². The van der Waals surface area contributed by atoms with Gasteiger partial charge in [0.05, 0.1) is 44.8 Å². The molecule has 0 amide bonds. The molecule has 0 saturated carbocycles. The Balaban J connectivity index is 1.96. The van der Waals surface area contributed by atoms with Crippen LogP contribution < -0.4 is 18.9 Å². The van der Waals surface area contributed by atoms with E-state index in [1.807, 2.05) is 72.3 Å².